The summed E-state index contributed by atoms with van der Waals surface area (Å²) >= 11 is 0. The topological polar surface area (TPSA) is 98.3 Å². The molecule has 25 heavy (non-hydrogen) atoms. The van der Waals surface area contributed by atoms with Gasteiger partial charge < -0.3 is 5.11 Å². The molecule has 7 nitrogen and oxygen atoms in total. The van der Waals surface area contributed by atoms with Crippen LogP contribution in [0.3, 0.4) is 0 Å². The van der Waals surface area contributed by atoms with Crippen LogP contribution in [0, 0.1) is 10.1 Å². The molecule has 0 saturated heterocycles. The molecule has 1 heterocycles. The van der Waals surface area contributed by atoms with E-state index >= 15 is 0 Å². The second kappa shape index (κ2) is 7.29. The lowest BCUT2D eigenvalue weighted by Crippen LogP contribution is -2.12. The van der Waals surface area contributed by atoms with Crippen molar-refractivity contribution in [3.63, 3.8) is 0 Å². The van der Waals surface area contributed by atoms with Crippen LogP contribution < -0.4 is 0 Å². The molecule has 2 aromatic rings. The molecule has 1 fully saturated rings. The van der Waals surface area contributed by atoms with E-state index < -0.39 is 10.9 Å². The van der Waals surface area contributed by atoms with Crippen molar-refractivity contribution in [2.45, 2.75) is 38.0 Å². The summed E-state index contributed by atoms with van der Waals surface area (Å²) in [6.45, 7) is 0. The Morgan fingerprint density at radius 3 is 2.76 bits per heavy atom. The minimum Gasteiger partial charge on any atom is -0.478 e. The van der Waals surface area contributed by atoms with Crippen molar-refractivity contribution in [2.75, 3.05) is 0 Å². The van der Waals surface area contributed by atoms with Crippen LogP contribution >= 0.6 is 0 Å². The molecular formula is C18H19N3O4. The summed E-state index contributed by atoms with van der Waals surface area (Å²) < 4.78 is 1.77. The van der Waals surface area contributed by atoms with Crippen molar-refractivity contribution in [3.05, 3.63) is 58.2 Å². The van der Waals surface area contributed by atoms with Gasteiger partial charge in [0.1, 0.15) is 11.5 Å². The van der Waals surface area contributed by atoms with Gasteiger partial charge in [0.25, 0.3) is 5.69 Å². The molecular weight excluding hydrogens is 322 g/mol. The Bertz CT molecular complexity index is 819. The van der Waals surface area contributed by atoms with Crippen LogP contribution in [0.5, 0.6) is 0 Å². The maximum atomic E-state index is 11.4. The van der Waals surface area contributed by atoms with Gasteiger partial charge in [-0.1, -0.05) is 19.3 Å². The van der Waals surface area contributed by atoms with Gasteiger partial charge in [0, 0.05) is 30.5 Å². The summed E-state index contributed by atoms with van der Waals surface area (Å²) in [7, 11) is 0. The van der Waals surface area contributed by atoms with Crippen molar-refractivity contribution in [3.8, 4) is 5.69 Å². The molecule has 0 unspecified atom stereocenters. The fourth-order valence-corrected chi connectivity index (χ4v) is 3.34. The number of aromatic nitrogens is 2. The largest absolute Gasteiger partial charge is 0.478 e. The second-order valence-electron chi connectivity index (χ2n) is 6.17. The molecule has 0 radical (unpaired) electrons. The number of rotatable bonds is 5. The van der Waals surface area contributed by atoms with Crippen molar-refractivity contribution in [1.29, 1.82) is 0 Å². The van der Waals surface area contributed by atoms with Crippen molar-refractivity contribution in [2.24, 2.45) is 0 Å². The molecule has 1 saturated carbocycles. The minimum absolute atomic E-state index is 0.0254. The van der Waals surface area contributed by atoms with Gasteiger partial charge in [0.2, 0.25) is 0 Å². The number of carbonyl (C=O) groups is 1. The predicted molar refractivity (Wildman–Crippen MR) is 92.7 cm³/mol. The molecule has 1 aliphatic rings. The highest BCUT2D eigenvalue weighted by atomic mass is 16.6. The number of hydrogen-bond acceptors (Lipinski definition) is 4. The highest BCUT2D eigenvalue weighted by molar-refractivity contribution is 5.85. The van der Waals surface area contributed by atoms with Gasteiger partial charge in [-0.2, -0.15) is 0 Å². The summed E-state index contributed by atoms with van der Waals surface area (Å²) in [5.74, 6) is 0.0640. The first-order chi connectivity index (χ1) is 12.1. The van der Waals surface area contributed by atoms with Gasteiger partial charge in [0.05, 0.1) is 4.92 Å². The van der Waals surface area contributed by atoms with Gasteiger partial charge >= 0.3 is 5.97 Å². The van der Waals surface area contributed by atoms with Gasteiger partial charge in [-0.25, -0.2) is 9.78 Å². The van der Waals surface area contributed by atoms with E-state index in [1.165, 1.54) is 24.6 Å². The van der Waals surface area contributed by atoms with Crippen molar-refractivity contribution >= 4 is 17.7 Å². The summed E-state index contributed by atoms with van der Waals surface area (Å²) in [5.41, 5.74) is 0.976. The lowest BCUT2D eigenvalue weighted by atomic mass is 9.88. The number of nitro groups is 1. The Morgan fingerprint density at radius 1 is 1.32 bits per heavy atom. The lowest BCUT2D eigenvalue weighted by molar-refractivity contribution is -0.384. The number of hydrogen-bond donors (Lipinski definition) is 1. The lowest BCUT2D eigenvalue weighted by Gasteiger charge is -2.22. The van der Waals surface area contributed by atoms with Crippen LogP contribution in [0.15, 0.2) is 36.7 Å². The zero-order valence-corrected chi connectivity index (χ0v) is 13.7. The number of nitrogens with zero attached hydrogens (tertiary/aromatic N) is 3. The molecule has 7 heteroatoms. The standard InChI is InChI=1S/C18H19N3O4/c22-17(23)9-7-13-6-8-15(21(24)25)16(12-13)20-11-10-19-18(20)14-4-2-1-3-5-14/h6-12,14H,1-5H2,(H,22,23). The number of imidazole rings is 1. The maximum absolute atomic E-state index is 11.4. The number of nitro benzene ring substituents is 1. The first-order valence-electron chi connectivity index (χ1n) is 8.29. The number of carboxylic acids is 1. The van der Waals surface area contributed by atoms with Crippen LogP contribution in [0.1, 0.15) is 49.4 Å². The molecule has 0 aliphatic heterocycles. The molecule has 1 N–H and O–H groups in total. The molecule has 3 rings (SSSR count). The molecule has 1 aromatic heterocycles. The third kappa shape index (κ3) is 3.76. The van der Waals surface area contributed by atoms with Crippen LogP contribution in [-0.2, 0) is 4.79 Å². The van der Waals surface area contributed by atoms with Gasteiger partial charge in [-0.05, 0) is 36.6 Å². The SMILES string of the molecule is O=C(O)C=Cc1ccc([N+](=O)[O-])c(-n2ccnc2C2CCCCC2)c1. The fraction of sp³-hybridized carbons (Fsp3) is 0.333. The van der Waals surface area contributed by atoms with Crippen LogP contribution in [0.2, 0.25) is 0 Å². The summed E-state index contributed by atoms with van der Waals surface area (Å²) in [4.78, 5) is 26.2. The number of aliphatic carboxylic acids is 1. The summed E-state index contributed by atoms with van der Waals surface area (Å²) in [5, 5.41) is 20.2. The molecule has 130 valence electrons. The van der Waals surface area contributed by atoms with Crippen LogP contribution in [0.4, 0.5) is 5.69 Å². The number of benzene rings is 1. The fourth-order valence-electron chi connectivity index (χ4n) is 3.34. The summed E-state index contributed by atoms with van der Waals surface area (Å²) in [6, 6.07) is 4.57. The van der Waals surface area contributed by atoms with Crippen molar-refractivity contribution < 1.29 is 14.8 Å². The summed E-state index contributed by atoms with van der Waals surface area (Å²) in [6.07, 6.45) is 11.4. The normalized spacial score (nSPS) is 15.5. The van der Waals surface area contributed by atoms with Gasteiger partial charge in [-0.15, -0.1) is 0 Å². The van der Waals surface area contributed by atoms with E-state index in [2.05, 4.69) is 4.98 Å². The third-order valence-electron chi connectivity index (χ3n) is 4.51. The average molecular weight is 341 g/mol. The molecule has 1 aromatic carbocycles. The predicted octanol–water partition coefficient (Wildman–Crippen LogP) is 3.93. The smallest absolute Gasteiger partial charge is 0.328 e. The van der Waals surface area contributed by atoms with E-state index in [9.17, 15) is 14.9 Å². The first-order valence-corrected chi connectivity index (χ1v) is 8.29. The molecule has 0 amide bonds. The monoisotopic (exact) mass is 341 g/mol. The van der Waals surface area contributed by atoms with Gasteiger partial charge in [-0.3, -0.25) is 14.7 Å². The van der Waals surface area contributed by atoms with E-state index in [1.807, 2.05) is 0 Å². The van der Waals surface area contributed by atoms with E-state index in [0.717, 1.165) is 37.6 Å². The maximum Gasteiger partial charge on any atom is 0.328 e. The Hall–Kier alpha value is -2.96. The van der Waals surface area contributed by atoms with E-state index in [1.54, 1.807) is 23.0 Å². The second-order valence-corrected chi connectivity index (χ2v) is 6.17. The molecule has 0 bridgehead atoms. The van der Waals surface area contributed by atoms with Crippen LogP contribution in [0.25, 0.3) is 11.8 Å². The molecule has 1 aliphatic carbocycles. The number of carboxylic acid groups (broad SMARTS) is 1. The molecule has 0 atom stereocenters. The van der Waals surface area contributed by atoms with E-state index in [0.29, 0.717) is 17.2 Å². The van der Waals surface area contributed by atoms with Crippen LogP contribution in [-0.4, -0.2) is 25.6 Å². The Kier molecular flexibility index (Phi) is 4.92. The highest BCUT2D eigenvalue weighted by Crippen LogP contribution is 2.34. The average Bonchev–Trinajstić information content (AvgIpc) is 3.10. The highest BCUT2D eigenvalue weighted by Gasteiger charge is 2.24. The Labute approximate surface area is 144 Å². The van der Waals surface area contributed by atoms with E-state index in [4.69, 9.17) is 5.11 Å². The zero-order valence-electron chi connectivity index (χ0n) is 13.7. The van der Waals surface area contributed by atoms with Gasteiger partial charge in [0.15, 0.2) is 0 Å². The molecule has 0 spiro atoms. The first kappa shape index (κ1) is 16.9. The Balaban J connectivity index is 2.06. The third-order valence-corrected chi connectivity index (χ3v) is 4.51. The van der Waals surface area contributed by atoms with Crippen molar-refractivity contribution in [1.82, 2.24) is 9.55 Å². The van der Waals surface area contributed by atoms with E-state index in [-0.39, 0.29) is 5.69 Å². The Morgan fingerprint density at radius 2 is 2.08 bits per heavy atom. The quantitative estimate of drug-likeness (QED) is 0.505. The zero-order chi connectivity index (χ0) is 17.8. The minimum atomic E-state index is -1.06.